The number of nitrogens with two attached hydrogens (primary N) is 1. The van der Waals surface area contributed by atoms with Gasteiger partial charge in [-0.2, -0.15) is 0 Å². The number of amides is 2. The number of halogens is 2. The molecule has 0 bridgehead atoms. The highest BCUT2D eigenvalue weighted by molar-refractivity contribution is 9.10. The van der Waals surface area contributed by atoms with E-state index in [1.54, 1.807) is 0 Å². The summed E-state index contributed by atoms with van der Waals surface area (Å²) in [6, 6.07) is 1.38. The maximum Gasteiger partial charge on any atom is 0.323 e. The molecule has 0 saturated heterocycles. The van der Waals surface area contributed by atoms with Gasteiger partial charge >= 0.3 is 5.97 Å². The largest absolute Gasteiger partial charge is 0.480 e. The van der Waals surface area contributed by atoms with Gasteiger partial charge in [0.05, 0.1) is 5.56 Å². The van der Waals surface area contributed by atoms with Crippen molar-refractivity contribution in [2.24, 2.45) is 5.73 Å². The minimum Gasteiger partial charge on any atom is -0.480 e. The van der Waals surface area contributed by atoms with Crippen LogP contribution in [0, 0.1) is 0 Å². The van der Waals surface area contributed by atoms with Gasteiger partial charge in [-0.25, -0.2) is 4.98 Å². The summed E-state index contributed by atoms with van der Waals surface area (Å²) in [7, 11) is 0. The lowest BCUT2D eigenvalue weighted by Gasteiger charge is -2.19. The predicted molar refractivity (Wildman–Crippen MR) is 69.7 cm³/mol. The summed E-state index contributed by atoms with van der Waals surface area (Å²) in [5.41, 5.74) is 4.95. The molecule has 1 rings (SSSR count). The van der Waals surface area contributed by atoms with E-state index in [1.807, 2.05) is 0 Å². The van der Waals surface area contributed by atoms with Gasteiger partial charge in [-0.15, -0.1) is 0 Å². The number of carboxylic acids is 1. The summed E-state index contributed by atoms with van der Waals surface area (Å²) >= 11 is 8.88. The van der Waals surface area contributed by atoms with E-state index in [4.69, 9.17) is 22.4 Å². The maximum atomic E-state index is 12.1. The van der Waals surface area contributed by atoms with Gasteiger partial charge in [0.15, 0.2) is 0 Å². The number of pyridine rings is 1. The Hall–Kier alpha value is -1.67. The first kappa shape index (κ1) is 15.4. The van der Waals surface area contributed by atoms with Crippen molar-refractivity contribution in [2.45, 2.75) is 0 Å². The number of nitrogens with zero attached hydrogens (tertiary/aromatic N) is 2. The second-order valence-electron chi connectivity index (χ2n) is 3.51. The molecule has 0 unspecified atom stereocenters. The fourth-order valence-corrected chi connectivity index (χ4v) is 1.81. The van der Waals surface area contributed by atoms with Crippen LogP contribution in [0.15, 0.2) is 16.7 Å². The molecule has 0 aliphatic rings. The molecule has 102 valence electrons. The minimum atomic E-state index is -1.27. The molecule has 1 aromatic heterocycles. The normalized spacial score (nSPS) is 10.0. The third kappa shape index (κ3) is 4.49. The van der Waals surface area contributed by atoms with Gasteiger partial charge in [-0.05, 0) is 22.0 Å². The highest BCUT2D eigenvalue weighted by Gasteiger charge is 2.23. The summed E-state index contributed by atoms with van der Waals surface area (Å²) in [6.45, 7) is -1.18. The third-order valence-corrected chi connectivity index (χ3v) is 2.73. The molecule has 0 aliphatic heterocycles. The Labute approximate surface area is 121 Å². The van der Waals surface area contributed by atoms with Crippen LogP contribution < -0.4 is 5.73 Å². The molecule has 19 heavy (non-hydrogen) atoms. The summed E-state index contributed by atoms with van der Waals surface area (Å²) < 4.78 is 0.495. The lowest BCUT2D eigenvalue weighted by Crippen LogP contribution is -2.41. The Bertz CT molecular complexity index is 522. The summed E-state index contributed by atoms with van der Waals surface area (Å²) in [5, 5.41) is 8.62. The van der Waals surface area contributed by atoms with Gasteiger partial charge < -0.3 is 15.7 Å². The number of primary amides is 1. The number of carbonyl (C=O) groups is 3. The molecule has 0 aliphatic carbocycles. The molecule has 0 saturated carbocycles. The number of hydrogen-bond donors (Lipinski definition) is 2. The number of aliphatic carboxylic acids is 1. The van der Waals surface area contributed by atoms with Crippen LogP contribution in [0.25, 0.3) is 0 Å². The van der Waals surface area contributed by atoms with Crippen molar-refractivity contribution in [3.05, 3.63) is 27.5 Å². The minimum absolute atomic E-state index is 0.0152. The van der Waals surface area contributed by atoms with Gasteiger partial charge in [0, 0.05) is 10.7 Å². The first-order valence-corrected chi connectivity index (χ1v) is 6.08. The highest BCUT2D eigenvalue weighted by atomic mass is 79.9. The number of carboxylic acid groups (broad SMARTS) is 1. The lowest BCUT2D eigenvalue weighted by atomic mass is 10.2. The zero-order valence-corrected chi connectivity index (χ0v) is 11.8. The fourth-order valence-electron chi connectivity index (χ4n) is 1.29. The zero-order chi connectivity index (χ0) is 14.6. The molecule has 1 heterocycles. The first-order valence-electron chi connectivity index (χ1n) is 4.91. The standard InChI is InChI=1S/C10H9BrClN3O4/c11-5-1-6(9(12)14-2-5)10(19)15(3-7(13)16)4-8(17)18/h1-2H,3-4H2,(H2,13,16)(H,17,18). The van der Waals surface area contributed by atoms with E-state index in [2.05, 4.69) is 20.9 Å². The Morgan fingerprint density at radius 1 is 1.42 bits per heavy atom. The fraction of sp³-hybridized carbons (Fsp3) is 0.200. The molecule has 0 spiro atoms. The van der Waals surface area contributed by atoms with Crippen LogP contribution in [0.3, 0.4) is 0 Å². The van der Waals surface area contributed by atoms with Crippen LogP contribution in [0.5, 0.6) is 0 Å². The van der Waals surface area contributed by atoms with Gasteiger partial charge in [0.2, 0.25) is 5.91 Å². The second-order valence-corrected chi connectivity index (χ2v) is 4.79. The van der Waals surface area contributed by atoms with Crippen molar-refractivity contribution in [1.82, 2.24) is 9.88 Å². The van der Waals surface area contributed by atoms with Crippen molar-refractivity contribution < 1.29 is 19.5 Å². The highest BCUT2D eigenvalue weighted by Crippen LogP contribution is 2.19. The van der Waals surface area contributed by atoms with E-state index in [9.17, 15) is 14.4 Å². The molecule has 3 N–H and O–H groups in total. The SMILES string of the molecule is NC(=O)CN(CC(=O)O)C(=O)c1cc(Br)cnc1Cl. The Morgan fingerprint density at radius 2 is 2.05 bits per heavy atom. The molecule has 0 fully saturated rings. The van der Waals surface area contributed by atoms with Gasteiger partial charge in [-0.3, -0.25) is 14.4 Å². The number of aromatic nitrogens is 1. The smallest absolute Gasteiger partial charge is 0.323 e. The third-order valence-electron chi connectivity index (χ3n) is 2.00. The second kappa shape index (κ2) is 6.48. The monoisotopic (exact) mass is 349 g/mol. The van der Waals surface area contributed by atoms with E-state index in [1.165, 1.54) is 12.3 Å². The van der Waals surface area contributed by atoms with Crippen molar-refractivity contribution in [3.63, 3.8) is 0 Å². The number of rotatable bonds is 5. The van der Waals surface area contributed by atoms with E-state index in [0.717, 1.165) is 4.90 Å². The molecule has 0 radical (unpaired) electrons. The van der Waals surface area contributed by atoms with E-state index in [-0.39, 0.29) is 10.7 Å². The lowest BCUT2D eigenvalue weighted by molar-refractivity contribution is -0.138. The van der Waals surface area contributed by atoms with E-state index >= 15 is 0 Å². The van der Waals surface area contributed by atoms with Crippen LogP contribution in [0.1, 0.15) is 10.4 Å². The molecule has 1 aromatic rings. The molecular weight excluding hydrogens is 341 g/mol. The summed E-state index contributed by atoms with van der Waals surface area (Å²) in [6.07, 6.45) is 1.38. The van der Waals surface area contributed by atoms with Gasteiger partial charge in [0.1, 0.15) is 18.2 Å². The topological polar surface area (TPSA) is 114 Å². The first-order chi connectivity index (χ1) is 8.81. The molecule has 7 nitrogen and oxygen atoms in total. The Kier molecular flexibility index (Phi) is 5.25. The van der Waals surface area contributed by atoms with Crippen LogP contribution >= 0.6 is 27.5 Å². The van der Waals surface area contributed by atoms with E-state index in [0.29, 0.717) is 4.47 Å². The van der Waals surface area contributed by atoms with Crippen LogP contribution in [0.2, 0.25) is 5.15 Å². The Morgan fingerprint density at radius 3 is 2.58 bits per heavy atom. The van der Waals surface area contributed by atoms with Crippen molar-refractivity contribution in [3.8, 4) is 0 Å². The van der Waals surface area contributed by atoms with Crippen LogP contribution in [-0.2, 0) is 9.59 Å². The quantitative estimate of drug-likeness (QED) is 0.751. The predicted octanol–water partition coefficient (Wildman–Crippen LogP) is 0.510. The number of carbonyl (C=O) groups excluding carboxylic acids is 2. The zero-order valence-electron chi connectivity index (χ0n) is 9.47. The van der Waals surface area contributed by atoms with Gasteiger partial charge in [0.25, 0.3) is 5.91 Å². The Balaban J connectivity index is 3.07. The average Bonchev–Trinajstić information content (AvgIpc) is 2.29. The summed E-state index contributed by atoms with van der Waals surface area (Å²) in [4.78, 5) is 38.2. The van der Waals surface area contributed by atoms with Gasteiger partial charge in [-0.1, -0.05) is 11.6 Å². The van der Waals surface area contributed by atoms with Crippen molar-refractivity contribution in [1.29, 1.82) is 0 Å². The number of hydrogen-bond acceptors (Lipinski definition) is 4. The molecule has 9 heteroatoms. The van der Waals surface area contributed by atoms with E-state index < -0.39 is 30.9 Å². The summed E-state index contributed by atoms with van der Waals surface area (Å²) in [5.74, 6) is -2.83. The average molecular weight is 351 g/mol. The van der Waals surface area contributed by atoms with Crippen molar-refractivity contribution >= 4 is 45.3 Å². The molecule has 2 amide bonds. The van der Waals surface area contributed by atoms with Crippen LogP contribution in [0.4, 0.5) is 0 Å². The maximum absolute atomic E-state index is 12.1. The van der Waals surface area contributed by atoms with Crippen molar-refractivity contribution in [2.75, 3.05) is 13.1 Å². The molecular formula is C10H9BrClN3O4. The molecule has 0 aromatic carbocycles. The molecule has 0 atom stereocenters. The van der Waals surface area contributed by atoms with Crippen LogP contribution in [-0.4, -0.2) is 45.9 Å².